The third-order valence-corrected chi connectivity index (χ3v) is 6.71. The average molecular weight is 406 g/mol. The predicted octanol–water partition coefficient (Wildman–Crippen LogP) is 2.65. The molecule has 0 fully saturated rings. The van der Waals surface area contributed by atoms with Gasteiger partial charge in [0.15, 0.2) is 0 Å². The Hall–Kier alpha value is -2.45. The Morgan fingerprint density at radius 1 is 1.29 bits per heavy atom. The van der Waals surface area contributed by atoms with E-state index in [1.807, 2.05) is 24.3 Å². The summed E-state index contributed by atoms with van der Waals surface area (Å²) < 4.78 is 45.1. The van der Waals surface area contributed by atoms with Crippen LogP contribution in [0.3, 0.4) is 0 Å². The highest BCUT2D eigenvalue weighted by atomic mass is 32.2. The maximum absolute atomic E-state index is 13.6. The molecule has 1 aliphatic carbocycles. The third kappa shape index (κ3) is 4.18. The highest BCUT2D eigenvalue weighted by molar-refractivity contribution is 7.89. The first-order valence-corrected chi connectivity index (χ1v) is 10.4. The van der Waals surface area contributed by atoms with Crippen molar-refractivity contribution in [3.63, 3.8) is 0 Å². The number of methoxy groups -OCH3 is 1. The number of nitrogens with zero attached hydrogens (tertiary/aromatic N) is 1. The molecule has 0 aliphatic heterocycles. The molecular formula is C20H23FN2O4S. The van der Waals surface area contributed by atoms with E-state index in [-0.39, 0.29) is 23.2 Å². The average Bonchev–Trinajstić information content (AvgIpc) is 2.68. The van der Waals surface area contributed by atoms with Gasteiger partial charge in [-0.15, -0.1) is 0 Å². The summed E-state index contributed by atoms with van der Waals surface area (Å²) in [6.07, 6.45) is 2.73. The molecule has 0 spiro atoms. The zero-order chi connectivity index (χ0) is 20.3. The van der Waals surface area contributed by atoms with Crippen LogP contribution in [0.2, 0.25) is 0 Å². The second kappa shape index (κ2) is 8.28. The van der Waals surface area contributed by atoms with E-state index in [1.54, 1.807) is 0 Å². The monoisotopic (exact) mass is 406 g/mol. The molecule has 0 heterocycles. The number of aryl methyl sites for hydroxylation is 1. The van der Waals surface area contributed by atoms with E-state index in [0.717, 1.165) is 41.3 Å². The molecule has 0 aromatic heterocycles. The van der Waals surface area contributed by atoms with Crippen LogP contribution in [0.1, 0.15) is 30.0 Å². The number of amides is 1. The van der Waals surface area contributed by atoms with E-state index in [2.05, 4.69) is 5.32 Å². The van der Waals surface area contributed by atoms with Gasteiger partial charge in [0.2, 0.25) is 15.9 Å². The summed E-state index contributed by atoms with van der Waals surface area (Å²) in [7, 11) is -1.50. The van der Waals surface area contributed by atoms with E-state index in [1.165, 1.54) is 25.8 Å². The first-order valence-electron chi connectivity index (χ1n) is 9.00. The van der Waals surface area contributed by atoms with E-state index in [0.29, 0.717) is 0 Å². The van der Waals surface area contributed by atoms with Crippen molar-refractivity contribution in [2.24, 2.45) is 0 Å². The molecule has 1 atom stereocenters. The number of nitrogens with one attached hydrogen (secondary N) is 1. The van der Waals surface area contributed by atoms with E-state index < -0.39 is 21.7 Å². The maximum Gasteiger partial charge on any atom is 0.247 e. The Bertz CT molecular complexity index is 978. The van der Waals surface area contributed by atoms with Crippen molar-refractivity contribution < 1.29 is 22.3 Å². The second-order valence-electron chi connectivity index (χ2n) is 6.77. The van der Waals surface area contributed by atoms with Crippen LogP contribution in [0.25, 0.3) is 0 Å². The van der Waals surface area contributed by atoms with Gasteiger partial charge in [0.1, 0.15) is 16.5 Å². The van der Waals surface area contributed by atoms with Crippen LogP contribution in [0.15, 0.2) is 47.4 Å². The largest absolute Gasteiger partial charge is 0.495 e. The fourth-order valence-electron chi connectivity index (χ4n) is 3.45. The van der Waals surface area contributed by atoms with E-state index in [9.17, 15) is 17.6 Å². The Kier molecular flexibility index (Phi) is 6.00. The highest BCUT2D eigenvalue weighted by Crippen LogP contribution is 2.30. The molecular weight excluding hydrogens is 383 g/mol. The van der Waals surface area contributed by atoms with Crippen LogP contribution < -0.4 is 10.1 Å². The molecule has 28 heavy (non-hydrogen) atoms. The molecule has 6 nitrogen and oxygen atoms in total. The van der Waals surface area contributed by atoms with Crippen LogP contribution in [0.4, 0.5) is 4.39 Å². The number of halogens is 1. The molecule has 2 aromatic carbocycles. The van der Waals surface area contributed by atoms with Crippen molar-refractivity contribution in [1.82, 2.24) is 9.62 Å². The summed E-state index contributed by atoms with van der Waals surface area (Å²) in [5, 5.41) is 2.92. The number of fused-ring (bicyclic) bond motifs is 1. The fraction of sp³-hybridized carbons (Fsp3) is 0.350. The number of benzene rings is 2. The molecule has 0 unspecified atom stereocenters. The number of hydrogen-bond acceptors (Lipinski definition) is 4. The van der Waals surface area contributed by atoms with Crippen LogP contribution >= 0.6 is 0 Å². The Morgan fingerprint density at radius 2 is 2.04 bits per heavy atom. The minimum absolute atomic E-state index is 0.0230. The number of carbonyl (C=O) groups excluding carboxylic acids is 1. The molecule has 0 radical (unpaired) electrons. The molecule has 1 N–H and O–H groups in total. The number of hydrogen-bond donors (Lipinski definition) is 1. The molecule has 0 saturated carbocycles. The summed E-state index contributed by atoms with van der Waals surface area (Å²) in [6, 6.07) is 11.0. The molecule has 3 rings (SSSR count). The smallest absolute Gasteiger partial charge is 0.247 e. The first kappa shape index (κ1) is 20.3. The molecule has 0 saturated heterocycles. The minimum Gasteiger partial charge on any atom is -0.495 e. The summed E-state index contributed by atoms with van der Waals surface area (Å²) >= 11 is 0. The lowest BCUT2D eigenvalue weighted by Gasteiger charge is -2.27. The van der Waals surface area contributed by atoms with Gasteiger partial charge >= 0.3 is 0 Å². The third-order valence-electron chi connectivity index (χ3n) is 4.88. The summed E-state index contributed by atoms with van der Waals surface area (Å²) in [5.74, 6) is -1.09. The predicted molar refractivity (Wildman–Crippen MR) is 103 cm³/mol. The highest BCUT2D eigenvalue weighted by Gasteiger charge is 2.28. The lowest BCUT2D eigenvalue weighted by molar-refractivity contribution is -0.122. The summed E-state index contributed by atoms with van der Waals surface area (Å²) in [5.41, 5.74) is 2.27. The Labute approximate surface area is 164 Å². The van der Waals surface area contributed by atoms with Gasteiger partial charge in [-0.1, -0.05) is 24.3 Å². The van der Waals surface area contributed by atoms with Gasteiger partial charge in [0, 0.05) is 7.05 Å². The summed E-state index contributed by atoms with van der Waals surface area (Å²) in [6.45, 7) is -0.374. The van der Waals surface area contributed by atoms with Crippen molar-refractivity contribution >= 4 is 15.9 Å². The lowest BCUT2D eigenvalue weighted by atomic mass is 9.88. The van der Waals surface area contributed by atoms with Crippen molar-refractivity contribution in [3.05, 3.63) is 59.4 Å². The van der Waals surface area contributed by atoms with Crippen LogP contribution in [0, 0.1) is 5.82 Å². The SMILES string of the molecule is COc1ccc(F)cc1S(=O)(=O)N(C)CC(=O)N[C@H]1CCCc2ccccc21. The topological polar surface area (TPSA) is 75.7 Å². The second-order valence-corrected chi connectivity index (χ2v) is 8.78. The van der Waals surface area contributed by atoms with E-state index in [4.69, 9.17) is 4.74 Å². The minimum atomic E-state index is -4.09. The van der Waals surface area contributed by atoms with Crippen LogP contribution in [0.5, 0.6) is 5.75 Å². The van der Waals surface area contributed by atoms with Crippen molar-refractivity contribution in [2.45, 2.75) is 30.2 Å². The molecule has 150 valence electrons. The lowest BCUT2D eigenvalue weighted by Crippen LogP contribution is -2.40. The zero-order valence-electron chi connectivity index (χ0n) is 15.8. The van der Waals surface area contributed by atoms with Gasteiger partial charge < -0.3 is 10.1 Å². The number of sulfonamides is 1. The van der Waals surface area contributed by atoms with Crippen molar-refractivity contribution in [2.75, 3.05) is 20.7 Å². The van der Waals surface area contributed by atoms with Gasteiger partial charge in [-0.05, 0) is 48.6 Å². The van der Waals surface area contributed by atoms with Gasteiger partial charge in [0.25, 0.3) is 0 Å². The molecule has 2 aromatic rings. The fourth-order valence-corrected chi connectivity index (χ4v) is 4.74. The van der Waals surface area contributed by atoms with E-state index >= 15 is 0 Å². The molecule has 8 heteroatoms. The Morgan fingerprint density at radius 3 is 2.79 bits per heavy atom. The maximum atomic E-state index is 13.6. The standard InChI is InChI=1S/C20H23FN2O4S/c1-23(28(25,26)19-12-15(21)10-11-18(19)27-2)13-20(24)22-17-9-5-7-14-6-3-4-8-16(14)17/h3-4,6,8,10-12,17H,5,7,9,13H2,1-2H3,(H,22,24)/t17-/m0/s1. The van der Waals surface area contributed by atoms with Crippen molar-refractivity contribution in [1.29, 1.82) is 0 Å². The number of rotatable bonds is 6. The normalized spacial score (nSPS) is 16.5. The van der Waals surface area contributed by atoms with Gasteiger partial charge in [-0.3, -0.25) is 4.79 Å². The van der Waals surface area contributed by atoms with Gasteiger partial charge in [-0.25, -0.2) is 12.8 Å². The number of likely N-dealkylation sites (N-methyl/N-ethyl adjacent to an activating group) is 1. The zero-order valence-corrected chi connectivity index (χ0v) is 16.6. The Balaban J connectivity index is 1.74. The van der Waals surface area contributed by atoms with Gasteiger partial charge in [-0.2, -0.15) is 4.31 Å². The van der Waals surface area contributed by atoms with Gasteiger partial charge in [0.05, 0.1) is 19.7 Å². The number of ether oxygens (including phenoxy) is 1. The molecule has 1 amide bonds. The van der Waals surface area contributed by atoms with Crippen LogP contribution in [-0.2, 0) is 21.2 Å². The van der Waals surface area contributed by atoms with Crippen molar-refractivity contribution in [3.8, 4) is 5.75 Å². The molecule has 1 aliphatic rings. The first-order chi connectivity index (χ1) is 13.3. The summed E-state index contributed by atoms with van der Waals surface area (Å²) in [4.78, 5) is 12.2. The quantitative estimate of drug-likeness (QED) is 0.800. The number of carbonyl (C=O) groups is 1. The molecule has 0 bridgehead atoms. The van der Waals surface area contributed by atoms with Crippen LogP contribution in [-0.4, -0.2) is 39.3 Å².